The fraction of sp³-hybridized carbons (Fsp3) is 0.667. The second-order valence-electron chi connectivity index (χ2n) is 7.03. The molecule has 0 aromatic carbocycles. The van der Waals surface area contributed by atoms with E-state index in [2.05, 4.69) is 20.3 Å². The first-order valence-corrected chi connectivity index (χ1v) is 11.2. The summed E-state index contributed by atoms with van der Waals surface area (Å²) in [6.07, 6.45) is -4.65. The quantitative estimate of drug-likeness (QED) is 0.330. The van der Waals surface area contributed by atoms with E-state index in [9.17, 15) is 14.1 Å². The fourth-order valence-corrected chi connectivity index (χ4v) is 3.88. The van der Waals surface area contributed by atoms with E-state index in [0.29, 0.717) is 24.5 Å². The van der Waals surface area contributed by atoms with Gasteiger partial charge in [-0.05, 0) is 18.0 Å². The van der Waals surface area contributed by atoms with Crippen LogP contribution in [0.3, 0.4) is 0 Å². The van der Waals surface area contributed by atoms with Gasteiger partial charge in [0.15, 0.2) is 29.4 Å². The van der Waals surface area contributed by atoms with Gasteiger partial charge in [0.2, 0.25) is 5.28 Å². The van der Waals surface area contributed by atoms with Crippen molar-refractivity contribution in [3.63, 3.8) is 0 Å². The predicted octanol–water partition coefficient (Wildman–Crippen LogP) is 0.429. The molecule has 30 heavy (non-hydrogen) atoms. The Morgan fingerprint density at radius 1 is 1.43 bits per heavy atom. The molecule has 5 atom stereocenters. The molecule has 2 fully saturated rings. The maximum absolute atomic E-state index is 14.8. The van der Waals surface area contributed by atoms with Gasteiger partial charge < -0.3 is 34.4 Å². The molecular formula is C15H20ClFN5O7P. The van der Waals surface area contributed by atoms with Gasteiger partial charge >= 0.3 is 7.60 Å². The smallest absolute Gasteiger partial charge is 0.350 e. The van der Waals surface area contributed by atoms with Crippen LogP contribution in [-0.4, -0.2) is 85.0 Å². The summed E-state index contributed by atoms with van der Waals surface area (Å²) in [4.78, 5) is 30.2. The van der Waals surface area contributed by atoms with E-state index in [1.165, 1.54) is 10.9 Å². The number of ether oxygens (including phenoxy) is 3. The van der Waals surface area contributed by atoms with Crippen LogP contribution in [0.4, 0.5) is 10.2 Å². The van der Waals surface area contributed by atoms with E-state index in [1.54, 1.807) is 0 Å². The Kier molecular flexibility index (Phi) is 6.24. The van der Waals surface area contributed by atoms with Crippen LogP contribution in [0.15, 0.2) is 6.33 Å². The zero-order chi connectivity index (χ0) is 21.5. The Labute approximate surface area is 174 Å². The first kappa shape index (κ1) is 21.8. The number of aliphatic hydroxyl groups excluding tert-OH is 1. The van der Waals surface area contributed by atoms with E-state index in [1.807, 2.05) is 0 Å². The predicted molar refractivity (Wildman–Crippen MR) is 101 cm³/mol. The van der Waals surface area contributed by atoms with Crippen molar-refractivity contribution in [2.24, 2.45) is 0 Å². The van der Waals surface area contributed by atoms with Crippen molar-refractivity contribution in [2.45, 2.75) is 37.1 Å². The molecule has 2 aliphatic heterocycles. The summed E-state index contributed by atoms with van der Waals surface area (Å²) in [6.45, 7) is 0.724. The molecule has 2 aromatic heterocycles. The van der Waals surface area contributed by atoms with Gasteiger partial charge in [-0.1, -0.05) is 0 Å². The van der Waals surface area contributed by atoms with Crippen molar-refractivity contribution < 1.29 is 38.1 Å². The van der Waals surface area contributed by atoms with Crippen molar-refractivity contribution in [1.29, 1.82) is 0 Å². The number of rotatable bonds is 7. The molecule has 0 spiro atoms. The number of imidazole rings is 1. The fourth-order valence-electron chi connectivity index (χ4n) is 3.37. The number of nitrogens with one attached hydrogen (secondary N) is 1. The van der Waals surface area contributed by atoms with Crippen molar-refractivity contribution in [2.75, 3.05) is 31.5 Å². The van der Waals surface area contributed by atoms with Crippen LogP contribution in [0.25, 0.3) is 11.2 Å². The van der Waals surface area contributed by atoms with Crippen LogP contribution in [0.1, 0.15) is 12.6 Å². The first-order valence-electron chi connectivity index (χ1n) is 9.07. The molecule has 15 heteroatoms. The second kappa shape index (κ2) is 8.60. The molecule has 0 saturated carbocycles. The average Bonchev–Trinajstić information content (AvgIpc) is 3.37. The highest BCUT2D eigenvalue weighted by atomic mass is 35.5. The molecule has 12 nitrogen and oxygen atoms in total. The standard InChI is InChI=1S/C15H20ClFN5O7P/c16-15-20-12(19-7-1-2-27-3-7)10-13(21-15)22(5-18-10)14-9(17)11(23)8(29-14)4-28-6-30(24,25)26/h5,7-9,11,14,23H,1-4,6H2,(H,19,20,21)(H2,24,25,26)/t7-,8+,9-,11+,14+/m0/s1. The normalized spacial score (nSPS) is 29.7. The maximum Gasteiger partial charge on any atom is 0.350 e. The molecular weight excluding hydrogens is 448 g/mol. The third kappa shape index (κ3) is 4.58. The van der Waals surface area contributed by atoms with Gasteiger partial charge in [-0.3, -0.25) is 9.13 Å². The van der Waals surface area contributed by atoms with Crippen LogP contribution in [-0.2, 0) is 18.8 Å². The molecule has 4 rings (SSSR count). The lowest BCUT2D eigenvalue weighted by Gasteiger charge is -2.16. The van der Waals surface area contributed by atoms with Crippen LogP contribution in [0.5, 0.6) is 0 Å². The number of anilines is 1. The Morgan fingerprint density at radius 3 is 2.93 bits per heavy atom. The number of aliphatic hydroxyl groups is 1. The van der Waals surface area contributed by atoms with Gasteiger partial charge in [0.25, 0.3) is 0 Å². The van der Waals surface area contributed by atoms with Crippen molar-refractivity contribution in [3.05, 3.63) is 11.6 Å². The third-order valence-corrected chi connectivity index (χ3v) is 5.46. The van der Waals surface area contributed by atoms with Gasteiger partial charge in [-0.15, -0.1) is 0 Å². The lowest BCUT2D eigenvalue weighted by molar-refractivity contribution is -0.0581. The zero-order valence-electron chi connectivity index (χ0n) is 15.5. The summed E-state index contributed by atoms with van der Waals surface area (Å²) >= 11 is 6.04. The number of fused-ring (bicyclic) bond motifs is 1. The number of alkyl halides is 1. The Bertz CT molecular complexity index is 955. The molecule has 2 saturated heterocycles. The highest BCUT2D eigenvalue weighted by Crippen LogP contribution is 2.37. The molecule has 0 unspecified atom stereocenters. The van der Waals surface area contributed by atoms with E-state index in [0.717, 1.165) is 6.42 Å². The summed E-state index contributed by atoms with van der Waals surface area (Å²) in [5.74, 6) is 0.370. The number of aromatic nitrogens is 4. The SMILES string of the molecule is O=P(O)(O)COC[C@H]1O[C@@H](n2cnc3c(N[C@H]4CCOC4)nc(Cl)nc32)[C@@H](F)[C@@H]1O. The van der Waals surface area contributed by atoms with Crippen molar-refractivity contribution in [1.82, 2.24) is 19.5 Å². The molecule has 0 amide bonds. The highest BCUT2D eigenvalue weighted by molar-refractivity contribution is 7.51. The number of hydrogen-bond acceptors (Lipinski definition) is 9. The summed E-state index contributed by atoms with van der Waals surface area (Å²) < 4.78 is 42.7. The maximum atomic E-state index is 14.8. The molecule has 166 valence electrons. The topological polar surface area (TPSA) is 161 Å². The zero-order valence-corrected chi connectivity index (χ0v) is 17.1. The highest BCUT2D eigenvalue weighted by Gasteiger charge is 2.46. The molecule has 4 heterocycles. The summed E-state index contributed by atoms with van der Waals surface area (Å²) in [7, 11) is -4.39. The Hall–Kier alpha value is -1.44. The monoisotopic (exact) mass is 467 g/mol. The van der Waals surface area contributed by atoms with Gasteiger partial charge in [0.05, 0.1) is 25.6 Å². The number of hydrogen-bond donors (Lipinski definition) is 4. The van der Waals surface area contributed by atoms with Crippen LogP contribution >= 0.6 is 19.2 Å². The second-order valence-corrected chi connectivity index (χ2v) is 8.96. The molecule has 0 aliphatic carbocycles. The van der Waals surface area contributed by atoms with Crippen molar-refractivity contribution >= 4 is 36.2 Å². The largest absolute Gasteiger partial charge is 0.387 e. The summed E-state index contributed by atoms with van der Waals surface area (Å²) in [5, 5.41) is 13.2. The molecule has 2 aliphatic rings. The van der Waals surface area contributed by atoms with Gasteiger partial charge in [-0.2, -0.15) is 9.97 Å². The summed E-state index contributed by atoms with van der Waals surface area (Å²) in [6, 6.07) is 0.0262. The first-order chi connectivity index (χ1) is 14.2. The van der Waals surface area contributed by atoms with E-state index in [-0.39, 0.29) is 17.0 Å². The van der Waals surface area contributed by atoms with E-state index < -0.39 is 45.2 Å². The number of nitrogens with zero attached hydrogens (tertiary/aromatic N) is 4. The molecule has 0 bridgehead atoms. The van der Waals surface area contributed by atoms with Gasteiger partial charge in [0, 0.05) is 6.61 Å². The summed E-state index contributed by atoms with van der Waals surface area (Å²) in [5.41, 5.74) is 0.547. The minimum Gasteiger partial charge on any atom is -0.387 e. The molecule has 4 N–H and O–H groups in total. The van der Waals surface area contributed by atoms with Crippen LogP contribution in [0.2, 0.25) is 5.28 Å². The molecule has 2 aromatic rings. The van der Waals surface area contributed by atoms with Crippen LogP contribution < -0.4 is 5.32 Å². The minimum atomic E-state index is -4.39. The van der Waals surface area contributed by atoms with E-state index >= 15 is 0 Å². The minimum absolute atomic E-state index is 0.0262. The third-order valence-electron chi connectivity index (χ3n) is 4.77. The van der Waals surface area contributed by atoms with Crippen LogP contribution in [0, 0.1) is 0 Å². The Morgan fingerprint density at radius 2 is 2.23 bits per heavy atom. The molecule has 0 radical (unpaired) electrons. The van der Waals surface area contributed by atoms with E-state index in [4.69, 9.17) is 35.6 Å². The number of halogens is 2. The van der Waals surface area contributed by atoms with Crippen molar-refractivity contribution in [3.8, 4) is 0 Å². The van der Waals surface area contributed by atoms with Gasteiger partial charge in [0.1, 0.15) is 18.6 Å². The van der Waals surface area contributed by atoms with Gasteiger partial charge in [-0.25, -0.2) is 9.37 Å². The average molecular weight is 468 g/mol. The lowest BCUT2D eigenvalue weighted by Crippen LogP contribution is -2.31. The Balaban J connectivity index is 1.55. The lowest BCUT2D eigenvalue weighted by atomic mass is 10.1.